The second kappa shape index (κ2) is 4.14. The molecule has 0 aliphatic rings. The Morgan fingerprint density at radius 3 is 2.87 bits per heavy atom. The number of aromatic nitrogens is 5. The monoisotopic (exact) mass is 205 g/mol. The van der Waals surface area contributed by atoms with Crippen molar-refractivity contribution in [3.05, 3.63) is 29.7 Å². The van der Waals surface area contributed by atoms with Gasteiger partial charge in [-0.15, -0.1) is 5.10 Å². The van der Waals surface area contributed by atoms with Gasteiger partial charge in [0.2, 0.25) is 0 Å². The average molecular weight is 205 g/mol. The molecule has 2 heterocycles. The van der Waals surface area contributed by atoms with Gasteiger partial charge in [-0.1, -0.05) is 6.07 Å². The molecule has 0 bridgehead atoms. The van der Waals surface area contributed by atoms with Gasteiger partial charge >= 0.3 is 0 Å². The molecule has 0 unspecified atom stereocenters. The fourth-order valence-corrected chi connectivity index (χ4v) is 1.36. The van der Waals surface area contributed by atoms with E-state index >= 15 is 0 Å². The predicted molar refractivity (Wildman–Crippen MR) is 52.5 cm³/mol. The molecule has 2 aromatic rings. The minimum atomic E-state index is 0.132. The molecule has 0 radical (unpaired) electrons. The van der Waals surface area contributed by atoms with Crippen molar-refractivity contribution in [3.8, 4) is 5.82 Å². The molecule has 2 rings (SSSR count). The summed E-state index contributed by atoms with van der Waals surface area (Å²) in [5, 5.41) is 19.7. The van der Waals surface area contributed by atoms with Gasteiger partial charge in [0.05, 0.1) is 0 Å². The first-order chi connectivity index (χ1) is 7.31. The van der Waals surface area contributed by atoms with Crippen LogP contribution in [0.2, 0.25) is 0 Å². The lowest BCUT2D eigenvalue weighted by Gasteiger charge is -2.05. The molecule has 78 valence electrons. The molecule has 6 nitrogen and oxygen atoms in total. The smallest absolute Gasteiger partial charge is 0.157 e. The number of hydrogen-bond donors (Lipinski definition) is 1. The second-order valence-electron chi connectivity index (χ2n) is 3.14. The number of aliphatic hydroxyl groups is 1. The summed E-state index contributed by atoms with van der Waals surface area (Å²) < 4.78 is 1.50. The molecule has 0 aromatic carbocycles. The topological polar surface area (TPSA) is 76.7 Å². The number of pyridine rings is 1. The summed E-state index contributed by atoms with van der Waals surface area (Å²) in [6.45, 7) is 2.03. The third-order valence-electron chi connectivity index (χ3n) is 2.15. The van der Waals surface area contributed by atoms with Crippen LogP contribution in [0.25, 0.3) is 5.82 Å². The van der Waals surface area contributed by atoms with E-state index in [4.69, 9.17) is 5.11 Å². The van der Waals surface area contributed by atoms with Crippen molar-refractivity contribution >= 4 is 0 Å². The van der Waals surface area contributed by atoms with Crippen LogP contribution in [-0.2, 0) is 6.42 Å². The largest absolute Gasteiger partial charge is 0.396 e. The van der Waals surface area contributed by atoms with Gasteiger partial charge in [0.25, 0.3) is 0 Å². The van der Waals surface area contributed by atoms with Crippen LogP contribution in [0.3, 0.4) is 0 Å². The Hall–Kier alpha value is -1.82. The van der Waals surface area contributed by atoms with Crippen LogP contribution in [0.1, 0.15) is 11.3 Å². The van der Waals surface area contributed by atoms with E-state index < -0.39 is 0 Å². The maximum atomic E-state index is 8.83. The van der Waals surface area contributed by atoms with Crippen molar-refractivity contribution in [2.75, 3.05) is 6.61 Å². The zero-order valence-corrected chi connectivity index (χ0v) is 8.33. The summed E-state index contributed by atoms with van der Waals surface area (Å²) in [6.07, 6.45) is 2.11. The molecule has 0 amide bonds. The molecule has 0 aliphatic carbocycles. The van der Waals surface area contributed by atoms with Crippen LogP contribution < -0.4 is 0 Å². The molecule has 0 saturated heterocycles. The Morgan fingerprint density at radius 2 is 2.27 bits per heavy atom. The SMILES string of the molecule is Cc1nc(-n2cnnn2)ccc1CCO. The molecule has 15 heavy (non-hydrogen) atoms. The van der Waals surface area contributed by atoms with Crippen molar-refractivity contribution < 1.29 is 5.11 Å². The van der Waals surface area contributed by atoms with Gasteiger partial charge < -0.3 is 5.11 Å². The van der Waals surface area contributed by atoms with Crippen LogP contribution >= 0.6 is 0 Å². The predicted octanol–water partition coefficient (Wildman–Crippen LogP) is -0.0995. The van der Waals surface area contributed by atoms with Gasteiger partial charge in [0.1, 0.15) is 6.33 Å². The fourth-order valence-electron chi connectivity index (χ4n) is 1.36. The quantitative estimate of drug-likeness (QED) is 0.757. The first-order valence-electron chi connectivity index (χ1n) is 4.62. The third-order valence-corrected chi connectivity index (χ3v) is 2.15. The highest BCUT2D eigenvalue weighted by Crippen LogP contribution is 2.09. The highest BCUT2D eigenvalue weighted by atomic mass is 16.2. The molecular formula is C9H11N5O. The first-order valence-corrected chi connectivity index (χ1v) is 4.62. The van der Waals surface area contributed by atoms with Crippen LogP contribution in [-0.4, -0.2) is 36.9 Å². The van der Waals surface area contributed by atoms with E-state index in [2.05, 4.69) is 20.5 Å². The maximum absolute atomic E-state index is 8.83. The summed E-state index contributed by atoms with van der Waals surface area (Å²) in [5.74, 6) is 0.680. The number of hydrogen-bond acceptors (Lipinski definition) is 5. The molecule has 0 aliphatic heterocycles. The minimum Gasteiger partial charge on any atom is -0.396 e. The number of nitrogens with zero attached hydrogens (tertiary/aromatic N) is 5. The average Bonchev–Trinajstić information content (AvgIpc) is 2.74. The van der Waals surface area contributed by atoms with Gasteiger partial charge in [-0.2, -0.15) is 4.68 Å². The second-order valence-corrected chi connectivity index (χ2v) is 3.14. The number of aliphatic hydroxyl groups excluding tert-OH is 1. The minimum absolute atomic E-state index is 0.132. The number of aryl methyl sites for hydroxylation is 1. The van der Waals surface area contributed by atoms with E-state index in [1.165, 1.54) is 11.0 Å². The molecule has 0 spiro atoms. The first kappa shape index (κ1) is 9.72. The Balaban J connectivity index is 2.33. The van der Waals surface area contributed by atoms with E-state index in [9.17, 15) is 0 Å². The normalized spacial score (nSPS) is 10.5. The van der Waals surface area contributed by atoms with E-state index in [0.29, 0.717) is 12.2 Å². The van der Waals surface area contributed by atoms with Gasteiger partial charge in [-0.25, -0.2) is 4.98 Å². The van der Waals surface area contributed by atoms with Crippen LogP contribution in [0.5, 0.6) is 0 Å². The summed E-state index contributed by atoms with van der Waals surface area (Å²) in [4.78, 5) is 4.34. The van der Waals surface area contributed by atoms with Gasteiger partial charge in [-0.3, -0.25) is 0 Å². The summed E-state index contributed by atoms with van der Waals surface area (Å²) in [6, 6.07) is 3.75. The molecular weight excluding hydrogens is 194 g/mol. The highest BCUT2D eigenvalue weighted by Gasteiger charge is 2.03. The van der Waals surface area contributed by atoms with E-state index in [-0.39, 0.29) is 6.61 Å². The fraction of sp³-hybridized carbons (Fsp3) is 0.333. The Labute approximate surface area is 86.6 Å². The van der Waals surface area contributed by atoms with Crippen molar-refractivity contribution in [1.82, 2.24) is 25.2 Å². The lowest BCUT2D eigenvalue weighted by molar-refractivity contribution is 0.299. The summed E-state index contributed by atoms with van der Waals surface area (Å²) >= 11 is 0. The molecule has 0 saturated carbocycles. The van der Waals surface area contributed by atoms with E-state index in [1.54, 1.807) is 0 Å². The summed E-state index contributed by atoms with van der Waals surface area (Å²) in [5.41, 5.74) is 1.92. The van der Waals surface area contributed by atoms with Gasteiger partial charge in [0.15, 0.2) is 5.82 Å². The lowest BCUT2D eigenvalue weighted by atomic mass is 10.1. The number of rotatable bonds is 3. The lowest BCUT2D eigenvalue weighted by Crippen LogP contribution is -2.03. The van der Waals surface area contributed by atoms with Gasteiger partial charge in [-0.05, 0) is 35.4 Å². The highest BCUT2D eigenvalue weighted by molar-refractivity contribution is 5.29. The Bertz CT molecular complexity index is 440. The number of tetrazole rings is 1. The summed E-state index contributed by atoms with van der Waals surface area (Å²) in [7, 11) is 0. The zero-order chi connectivity index (χ0) is 10.7. The maximum Gasteiger partial charge on any atom is 0.157 e. The Morgan fingerprint density at radius 1 is 1.40 bits per heavy atom. The molecule has 0 fully saturated rings. The molecule has 6 heteroatoms. The van der Waals surface area contributed by atoms with Crippen molar-refractivity contribution in [2.24, 2.45) is 0 Å². The molecule has 1 N–H and O–H groups in total. The van der Waals surface area contributed by atoms with Gasteiger partial charge in [0, 0.05) is 12.3 Å². The van der Waals surface area contributed by atoms with Crippen LogP contribution in [0, 0.1) is 6.92 Å². The van der Waals surface area contributed by atoms with Crippen LogP contribution in [0.15, 0.2) is 18.5 Å². The van der Waals surface area contributed by atoms with E-state index in [0.717, 1.165) is 11.3 Å². The van der Waals surface area contributed by atoms with Crippen molar-refractivity contribution in [2.45, 2.75) is 13.3 Å². The Kier molecular flexibility index (Phi) is 2.68. The zero-order valence-electron chi connectivity index (χ0n) is 8.33. The molecule has 0 atom stereocenters. The van der Waals surface area contributed by atoms with Crippen LogP contribution in [0.4, 0.5) is 0 Å². The standard InChI is InChI=1S/C9H11N5O/c1-7-8(4-5-15)2-3-9(11-7)14-6-10-12-13-14/h2-3,6,15H,4-5H2,1H3. The molecule has 2 aromatic heterocycles. The van der Waals surface area contributed by atoms with Crippen molar-refractivity contribution in [3.63, 3.8) is 0 Å². The third kappa shape index (κ3) is 1.99. The van der Waals surface area contributed by atoms with Crippen molar-refractivity contribution in [1.29, 1.82) is 0 Å². The van der Waals surface area contributed by atoms with E-state index in [1.807, 2.05) is 19.1 Å².